The van der Waals surface area contributed by atoms with Gasteiger partial charge in [-0.2, -0.15) is 0 Å². The highest BCUT2D eigenvalue weighted by Gasteiger charge is 1.96. The minimum atomic E-state index is 0.699. The fourth-order valence-electron chi connectivity index (χ4n) is 0.990. The molecule has 13 heavy (non-hydrogen) atoms. The van der Waals surface area contributed by atoms with Gasteiger partial charge < -0.3 is 10.5 Å². The zero-order valence-electron chi connectivity index (χ0n) is 8.92. The lowest BCUT2D eigenvalue weighted by molar-refractivity contribution is 0.338. The summed E-state index contributed by atoms with van der Waals surface area (Å²) in [7, 11) is 0. The molecule has 2 nitrogen and oxygen atoms in total. The Hall–Kier alpha value is -1.18. The van der Waals surface area contributed by atoms with Crippen LogP contribution in [0.15, 0.2) is 18.2 Å². The van der Waals surface area contributed by atoms with Gasteiger partial charge in [-0.1, -0.05) is 13.8 Å². The molecule has 0 fully saturated rings. The zero-order valence-corrected chi connectivity index (χ0v) is 8.92. The van der Waals surface area contributed by atoms with Crippen molar-refractivity contribution >= 4 is 5.69 Å². The molecule has 0 saturated carbocycles. The van der Waals surface area contributed by atoms with Crippen LogP contribution in [-0.2, 0) is 0 Å². The number of hydrogen-bond acceptors (Lipinski definition) is 2. The molecule has 0 unspecified atom stereocenters. The van der Waals surface area contributed by atoms with Crippen molar-refractivity contribution in [1.82, 2.24) is 0 Å². The largest absolute Gasteiger partial charge is 0.494 e. The summed E-state index contributed by atoms with van der Waals surface area (Å²) in [5, 5.41) is 0. The molecule has 1 aromatic rings. The fourth-order valence-corrected chi connectivity index (χ4v) is 0.990. The molecule has 0 atom stereocenters. The first-order valence-corrected chi connectivity index (χ1v) is 4.73. The van der Waals surface area contributed by atoms with E-state index in [2.05, 4.69) is 0 Å². The lowest BCUT2D eigenvalue weighted by Gasteiger charge is -2.06. The predicted molar refractivity (Wildman–Crippen MR) is 58.1 cm³/mol. The van der Waals surface area contributed by atoms with Crippen molar-refractivity contribution in [3.63, 3.8) is 0 Å². The Balaban J connectivity index is 0.000000671. The Labute approximate surface area is 80.7 Å². The Morgan fingerprint density at radius 3 is 2.38 bits per heavy atom. The summed E-state index contributed by atoms with van der Waals surface area (Å²) in [5.41, 5.74) is 7.44. The van der Waals surface area contributed by atoms with Gasteiger partial charge in [0.05, 0.1) is 6.61 Å². The SMILES string of the molecule is CC.CCOc1ccc(N)cc1C. The highest BCUT2D eigenvalue weighted by molar-refractivity contribution is 5.47. The average molecular weight is 181 g/mol. The summed E-state index contributed by atoms with van der Waals surface area (Å²) in [6.07, 6.45) is 0. The minimum absolute atomic E-state index is 0.699. The third kappa shape index (κ3) is 3.83. The molecule has 0 bridgehead atoms. The predicted octanol–water partition coefficient (Wildman–Crippen LogP) is 3.00. The van der Waals surface area contributed by atoms with E-state index in [1.807, 2.05) is 45.9 Å². The third-order valence-electron chi connectivity index (χ3n) is 1.50. The molecule has 0 radical (unpaired) electrons. The van der Waals surface area contributed by atoms with E-state index >= 15 is 0 Å². The van der Waals surface area contributed by atoms with Crippen LogP contribution < -0.4 is 10.5 Å². The third-order valence-corrected chi connectivity index (χ3v) is 1.50. The van der Waals surface area contributed by atoms with Crippen molar-refractivity contribution in [1.29, 1.82) is 0 Å². The van der Waals surface area contributed by atoms with E-state index in [0.29, 0.717) is 6.61 Å². The maximum absolute atomic E-state index is 5.57. The van der Waals surface area contributed by atoms with Crippen molar-refractivity contribution < 1.29 is 4.74 Å². The molecular weight excluding hydrogens is 162 g/mol. The summed E-state index contributed by atoms with van der Waals surface area (Å²) in [6.45, 7) is 8.65. The molecule has 0 saturated heterocycles. The molecule has 2 N–H and O–H groups in total. The summed E-state index contributed by atoms with van der Waals surface area (Å²) in [4.78, 5) is 0. The van der Waals surface area contributed by atoms with Gasteiger partial charge in [0.15, 0.2) is 0 Å². The molecule has 0 heterocycles. The van der Waals surface area contributed by atoms with E-state index in [1.54, 1.807) is 0 Å². The second-order valence-corrected chi connectivity index (χ2v) is 2.46. The molecule has 0 aliphatic rings. The first kappa shape index (κ1) is 11.8. The van der Waals surface area contributed by atoms with Crippen LogP contribution in [0.1, 0.15) is 26.3 Å². The topological polar surface area (TPSA) is 35.2 Å². The van der Waals surface area contributed by atoms with Crippen LogP contribution in [0, 0.1) is 6.92 Å². The van der Waals surface area contributed by atoms with Crippen LogP contribution in [-0.4, -0.2) is 6.61 Å². The molecule has 1 aromatic carbocycles. The first-order valence-electron chi connectivity index (χ1n) is 4.73. The molecule has 0 spiro atoms. The quantitative estimate of drug-likeness (QED) is 0.712. The molecular formula is C11H19NO. The Morgan fingerprint density at radius 2 is 1.92 bits per heavy atom. The summed E-state index contributed by atoms with van der Waals surface area (Å²) in [5.74, 6) is 0.918. The van der Waals surface area contributed by atoms with Gasteiger partial charge in [-0.05, 0) is 37.6 Å². The normalized spacial score (nSPS) is 8.62. The van der Waals surface area contributed by atoms with Crippen LogP contribution in [0.25, 0.3) is 0 Å². The smallest absolute Gasteiger partial charge is 0.122 e. The van der Waals surface area contributed by atoms with E-state index in [9.17, 15) is 0 Å². The Kier molecular flexibility index (Phi) is 5.77. The lowest BCUT2D eigenvalue weighted by Crippen LogP contribution is -1.94. The van der Waals surface area contributed by atoms with Crippen molar-refractivity contribution in [2.75, 3.05) is 12.3 Å². The minimum Gasteiger partial charge on any atom is -0.494 e. The number of ether oxygens (including phenoxy) is 1. The van der Waals surface area contributed by atoms with Crippen molar-refractivity contribution in [3.8, 4) is 5.75 Å². The molecule has 0 amide bonds. The van der Waals surface area contributed by atoms with Gasteiger partial charge in [0, 0.05) is 5.69 Å². The standard InChI is InChI=1S/C9H13NO.C2H6/c1-3-11-9-5-4-8(10)6-7(9)2;1-2/h4-6H,3,10H2,1-2H3;1-2H3. The van der Waals surface area contributed by atoms with Gasteiger partial charge in [0.1, 0.15) is 5.75 Å². The summed E-state index contributed by atoms with van der Waals surface area (Å²) in [6, 6.07) is 5.65. The van der Waals surface area contributed by atoms with Gasteiger partial charge in [0.2, 0.25) is 0 Å². The average Bonchev–Trinajstić information content (AvgIpc) is 2.14. The second kappa shape index (κ2) is 6.35. The second-order valence-electron chi connectivity index (χ2n) is 2.46. The van der Waals surface area contributed by atoms with E-state index in [0.717, 1.165) is 17.0 Å². The lowest BCUT2D eigenvalue weighted by atomic mass is 10.2. The molecule has 0 aromatic heterocycles. The van der Waals surface area contributed by atoms with E-state index in [1.165, 1.54) is 0 Å². The van der Waals surface area contributed by atoms with E-state index < -0.39 is 0 Å². The van der Waals surface area contributed by atoms with Crippen molar-refractivity contribution in [2.24, 2.45) is 0 Å². The highest BCUT2D eigenvalue weighted by Crippen LogP contribution is 2.19. The van der Waals surface area contributed by atoms with E-state index in [4.69, 9.17) is 10.5 Å². The van der Waals surface area contributed by atoms with Crippen LogP contribution in [0.5, 0.6) is 5.75 Å². The maximum atomic E-state index is 5.57. The van der Waals surface area contributed by atoms with Crippen molar-refractivity contribution in [2.45, 2.75) is 27.7 Å². The van der Waals surface area contributed by atoms with Crippen LogP contribution in [0.3, 0.4) is 0 Å². The number of nitrogens with two attached hydrogens (primary N) is 1. The Morgan fingerprint density at radius 1 is 1.31 bits per heavy atom. The number of aryl methyl sites for hydroxylation is 1. The number of anilines is 1. The first-order chi connectivity index (χ1) is 6.24. The number of hydrogen-bond donors (Lipinski definition) is 1. The molecule has 2 heteroatoms. The zero-order chi connectivity index (χ0) is 10.3. The number of rotatable bonds is 2. The summed E-state index contributed by atoms with van der Waals surface area (Å²) < 4.78 is 5.34. The highest BCUT2D eigenvalue weighted by atomic mass is 16.5. The monoisotopic (exact) mass is 181 g/mol. The van der Waals surface area contributed by atoms with Crippen LogP contribution >= 0.6 is 0 Å². The summed E-state index contributed by atoms with van der Waals surface area (Å²) >= 11 is 0. The van der Waals surface area contributed by atoms with Gasteiger partial charge in [-0.15, -0.1) is 0 Å². The molecule has 1 rings (SSSR count). The van der Waals surface area contributed by atoms with Crippen LogP contribution in [0.4, 0.5) is 5.69 Å². The fraction of sp³-hybridized carbons (Fsp3) is 0.455. The number of nitrogen functional groups attached to an aromatic ring is 1. The maximum Gasteiger partial charge on any atom is 0.122 e. The number of benzene rings is 1. The van der Waals surface area contributed by atoms with Gasteiger partial charge in [-0.3, -0.25) is 0 Å². The van der Waals surface area contributed by atoms with E-state index in [-0.39, 0.29) is 0 Å². The van der Waals surface area contributed by atoms with Crippen LogP contribution in [0.2, 0.25) is 0 Å². The molecule has 74 valence electrons. The van der Waals surface area contributed by atoms with Gasteiger partial charge in [0.25, 0.3) is 0 Å². The molecule has 0 aliphatic carbocycles. The van der Waals surface area contributed by atoms with Crippen molar-refractivity contribution in [3.05, 3.63) is 23.8 Å². The Bertz CT molecular complexity index is 246. The van der Waals surface area contributed by atoms with Gasteiger partial charge in [-0.25, -0.2) is 0 Å². The molecule has 0 aliphatic heterocycles. The van der Waals surface area contributed by atoms with Gasteiger partial charge >= 0.3 is 0 Å².